The van der Waals surface area contributed by atoms with Gasteiger partial charge in [-0.3, -0.25) is 4.79 Å². The lowest BCUT2D eigenvalue weighted by Gasteiger charge is -2.34. The van der Waals surface area contributed by atoms with Gasteiger partial charge in [0.25, 0.3) is 5.91 Å². The minimum atomic E-state index is -0.0889. The number of nitrogens with one attached hydrogen (secondary N) is 2. The standard InChI is InChI=1S/C20H27N5O/c1-14-12-15(2)18(16(3)13-14)23-19(26)17(4)24-8-10-25(11-9-24)20-21-6-5-7-22-20/h5-7,12-13,17H,8-11H2,1-4H3,(H,23,26)/p+1/t17-/m0/s1. The Balaban J connectivity index is 1.60. The zero-order valence-corrected chi connectivity index (χ0v) is 16.0. The number of aryl methyl sites for hydroxylation is 3. The van der Waals surface area contributed by atoms with Crippen molar-refractivity contribution in [2.24, 2.45) is 0 Å². The summed E-state index contributed by atoms with van der Waals surface area (Å²) >= 11 is 0. The van der Waals surface area contributed by atoms with Crippen LogP contribution in [0.1, 0.15) is 23.6 Å². The summed E-state index contributed by atoms with van der Waals surface area (Å²) in [6, 6.07) is 5.96. The molecular weight excluding hydrogens is 326 g/mol. The largest absolute Gasteiger partial charge is 0.330 e. The molecule has 1 amide bonds. The van der Waals surface area contributed by atoms with Crippen molar-refractivity contribution in [1.82, 2.24) is 9.97 Å². The molecule has 6 nitrogen and oxygen atoms in total. The lowest BCUT2D eigenvalue weighted by Crippen LogP contribution is -3.19. The van der Waals surface area contributed by atoms with Gasteiger partial charge in [-0.25, -0.2) is 9.97 Å². The summed E-state index contributed by atoms with van der Waals surface area (Å²) in [5, 5.41) is 3.15. The highest BCUT2D eigenvalue weighted by Gasteiger charge is 2.30. The van der Waals surface area contributed by atoms with Crippen molar-refractivity contribution in [2.75, 3.05) is 36.4 Å². The number of carbonyl (C=O) groups excluding carboxylic acids is 1. The summed E-state index contributed by atoms with van der Waals surface area (Å²) in [4.78, 5) is 24.9. The number of quaternary nitrogens is 1. The summed E-state index contributed by atoms with van der Waals surface area (Å²) in [6.07, 6.45) is 3.54. The van der Waals surface area contributed by atoms with Gasteiger partial charge in [-0.05, 0) is 44.9 Å². The third-order valence-corrected chi connectivity index (χ3v) is 5.17. The molecule has 1 aromatic carbocycles. The number of amides is 1. The van der Waals surface area contributed by atoms with Crippen molar-refractivity contribution in [1.29, 1.82) is 0 Å². The van der Waals surface area contributed by atoms with Crippen molar-refractivity contribution in [3.63, 3.8) is 0 Å². The molecule has 1 atom stereocenters. The average molecular weight is 354 g/mol. The van der Waals surface area contributed by atoms with Gasteiger partial charge in [0.2, 0.25) is 5.95 Å². The maximum absolute atomic E-state index is 12.8. The van der Waals surface area contributed by atoms with Gasteiger partial charge in [-0.15, -0.1) is 0 Å². The molecule has 0 spiro atoms. The van der Waals surface area contributed by atoms with E-state index in [0.717, 1.165) is 48.9 Å². The van der Waals surface area contributed by atoms with E-state index in [1.165, 1.54) is 10.5 Å². The second kappa shape index (κ2) is 7.83. The number of benzene rings is 1. The van der Waals surface area contributed by atoms with Gasteiger partial charge in [0, 0.05) is 18.1 Å². The van der Waals surface area contributed by atoms with Gasteiger partial charge in [-0.2, -0.15) is 0 Å². The lowest BCUT2D eigenvalue weighted by molar-refractivity contribution is -0.914. The third-order valence-electron chi connectivity index (χ3n) is 5.17. The monoisotopic (exact) mass is 354 g/mol. The second-order valence-electron chi connectivity index (χ2n) is 7.18. The molecule has 1 aliphatic rings. The Morgan fingerprint density at radius 3 is 2.27 bits per heavy atom. The Morgan fingerprint density at radius 1 is 1.12 bits per heavy atom. The highest BCUT2D eigenvalue weighted by atomic mass is 16.2. The van der Waals surface area contributed by atoms with Gasteiger partial charge < -0.3 is 15.1 Å². The van der Waals surface area contributed by atoms with Gasteiger partial charge in [0.1, 0.15) is 0 Å². The third kappa shape index (κ3) is 4.02. The fourth-order valence-electron chi connectivity index (χ4n) is 3.68. The van der Waals surface area contributed by atoms with E-state index in [4.69, 9.17) is 0 Å². The summed E-state index contributed by atoms with van der Waals surface area (Å²) in [6.45, 7) is 11.7. The molecule has 3 rings (SSSR count). The summed E-state index contributed by atoms with van der Waals surface area (Å²) < 4.78 is 0. The molecule has 1 fully saturated rings. The highest BCUT2D eigenvalue weighted by Crippen LogP contribution is 2.21. The average Bonchev–Trinajstić information content (AvgIpc) is 2.64. The van der Waals surface area contributed by atoms with E-state index in [1.807, 2.05) is 26.8 Å². The van der Waals surface area contributed by atoms with Crippen molar-refractivity contribution < 1.29 is 9.69 Å². The zero-order valence-electron chi connectivity index (χ0n) is 16.0. The van der Waals surface area contributed by atoms with Crippen LogP contribution in [0.15, 0.2) is 30.6 Å². The zero-order chi connectivity index (χ0) is 18.7. The first-order valence-electron chi connectivity index (χ1n) is 9.21. The summed E-state index contributed by atoms with van der Waals surface area (Å²) in [5.41, 5.74) is 4.40. The Kier molecular flexibility index (Phi) is 5.52. The Labute approximate surface area is 155 Å². The minimum absolute atomic E-state index is 0.0828. The molecular formula is C20H28N5O+. The van der Waals surface area contributed by atoms with Crippen molar-refractivity contribution in [2.45, 2.75) is 33.7 Å². The Bertz CT molecular complexity index is 746. The topological polar surface area (TPSA) is 62.6 Å². The summed E-state index contributed by atoms with van der Waals surface area (Å²) in [7, 11) is 0. The molecule has 1 aliphatic heterocycles. The van der Waals surface area contributed by atoms with Crippen LogP contribution in [0.5, 0.6) is 0 Å². The quantitative estimate of drug-likeness (QED) is 0.864. The number of hydrogen-bond acceptors (Lipinski definition) is 4. The first kappa shape index (κ1) is 18.3. The van der Waals surface area contributed by atoms with Crippen LogP contribution in [0, 0.1) is 20.8 Å². The number of aromatic nitrogens is 2. The molecule has 0 unspecified atom stereocenters. The molecule has 2 aromatic rings. The van der Waals surface area contributed by atoms with E-state index in [-0.39, 0.29) is 11.9 Å². The predicted octanol–water partition coefficient (Wildman–Crippen LogP) is 1.13. The van der Waals surface area contributed by atoms with Gasteiger partial charge in [-0.1, -0.05) is 17.7 Å². The van der Waals surface area contributed by atoms with E-state index < -0.39 is 0 Å². The maximum Gasteiger partial charge on any atom is 0.282 e. The molecule has 138 valence electrons. The van der Waals surface area contributed by atoms with E-state index in [0.29, 0.717) is 0 Å². The van der Waals surface area contributed by atoms with Gasteiger partial charge in [0.05, 0.1) is 26.2 Å². The molecule has 0 radical (unpaired) electrons. The molecule has 0 aliphatic carbocycles. The van der Waals surface area contributed by atoms with Crippen LogP contribution in [0.4, 0.5) is 11.6 Å². The van der Waals surface area contributed by atoms with Crippen LogP contribution in [0.25, 0.3) is 0 Å². The number of rotatable bonds is 4. The smallest absolute Gasteiger partial charge is 0.282 e. The second-order valence-corrected chi connectivity index (χ2v) is 7.18. The van der Waals surface area contributed by atoms with Crippen molar-refractivity contribution >= 4 is 17.5 Å². The fraction of sp³-hybridized carbons (Fsp3) is 0.450. The first-order valence-corrected chi connectivity index (χ1v) is 9.21. The summed E-state index contributed by atoms with van der Waals surface area (Å²) in [5.74, 6) is 0.856. The number of anilines is 2. The number of hydrogen-bond donors (Lipinski definition) is 2. The van der Waals surface area contributed by atoms with E-state index in [1.54, 1.807) is 12.4 Å². The molecule has 26 heavy (non-hydrogen) atoms. The number of piperazine rings is 1. The van der Waals surface area contributed by atoms with E-state index in [2.05, 4.69) is 39.2 Å². The molecule has 2 heterocycles. The van der Waals surface area contributed by atoms with Gasteiger partial charge >= 0.3 is 0 Å². The normalized spacial score (nSPS) is 16.4. The van der Waals surface area contributed by atoms with Crippen LogP contribution in [0.2, 0.25) is 0 Å². The minimum Gasteiger partial charge on any atom is -0.330 e. The molecule has 6 heteroatoms. The van der Waals surface area contributed by atoms with Crippen LogP contribution >= 0.6 is 0 Å². The maximum atomic E-state index is 12.8. The van der Waals surface area contributed by atoms with Crippen LogP contribution in [0.3, 0.4) is 0 Å². The van der Waals surface area contributed by atoms with Crippen molar-refractivity contribution in [3.8, 4) is 0 Å². The predicted molar refractivity (Wildman–Crippen MR) is 104 cm³/mol. The molecule has 2 N–H and O–H groups in total. The molecule has 1 saturated heterocycles. The molecule has 0 bridgehead atoms. The SMILES string of the molecule is Cc1cc(C)c(NC(=O)[C@H](C)[NH+]2CCN(c3ncccn3)CC2)c(C)c1. The number of carbonyl (C=O) groups is 1. The Hall–Kier alpha value is -2.47. The fourth-order valence-corrected chi connectivity index (χ4v) is 3.68. The van der Waals surface area contributed by atoms with Crippen molar-refractivity contribution in [3.05, 3.63) is 47.3 Å². The van der Waals surface area contributed by atoms with Crippen LogP contribution < -0.4 is 15.1 Å². The van der Waals surface area contributed by atoms with Crippen LogP contribution in [-0.2, 0) is 4.79 Å². The number of nitrogens with zero attached hydrogens (tertiary/aromatic N) is 3. The van der Waals surface area contributed by atoms with E-state index >= 15 is 0 Å². The van der Waals surface area contributed by atoms with E-state index in [9.17, 15) is 4.79 Å². The Morgan fingerprint density at radius 2 is 1.69 bits per heavy atom. The molecule has 1 aromatic heterocycles. The highest BCUT2D eigenvalue weighted by molar-refractivity contribution is 5.95. The lowest BCUT2D eigenvalue weighted by atomic mass is 10.0. The first-order chi connectivity index (χ1) is 12.5. The van der Waals surface area contributed by atoms with Gasteiger partial charge in [0.15, 0.2) is 6.04 Å². The molecule has 0 saturated carbocycles. The van der Waals surface area contributed by atoms with Crippen LogP contribution in [-0.4, -0.2) is 48.1 Å².